The van der Waals surface area contributed by atoms with Crippen LogP contribution in [0.2, 0.25) is 0 Å². The Morgan fingerprint density at radius 1 is 1.21 bits per heavy atom. The van der Waals surface area contributed by atoms with Gasteiger partial charge < -0.3 is 10.1 Å². The van der Waals surface area contributed by atoms with Gasteiger partial charge >= 0.3 is 0 Å². The fourth-order valence-electron chi connectivity index (χ4n) is 2.20. The van der Waals surface area contributed by atoms with Crippen molar-refractivity contribution in [1.29, 1.82) is 0 Å². The molecule has 4 nitrogen and oxygen atoms in total. The third-order valence-electron chi connectivity index (χ3n) is 3.31. The number of ether oxygens (including phenoxy) is 1. The number of amides is 1. The lowest BCUT2D eigenvalue weighted by Crippen LogP contribution is -2.16. The first-order valence-corrected chi connectivity index (χ1v) is 9.26. The second kappa shape index (κ2) is 8.89. The van der Waals surface area contributed by atoms with Gasteiger partial charge in [0, 0.05) is 21.4 Å². The van der Waals surface area contributed by atoms with Crippen molar-refractivity contribution in [3.05, 3.63) is 58.1 Å². The van der Waals surface area contributed by atoms with E-state index in [2.05, 4.69) is 21.2 Å². The predicted molar refractivity (Wildman–Crippen MR) is 102 cm³/mol. The maximum atomic E-state index is 12.1. The normalized spacial score (nSPS) is 10.3. The number of ketones is 1. The zero-order chi connectivity index (χ0) is 17.5. The average molecular weight is 408 g/mol. The molecule has 0 fully saturated rings. The number of nitrogens with one attached hydrogen (secondary N) is 1. The van der Waals surface area contributed by atoms with Gasteiger partial charge in [-0.3, -0.25) is 9.59 Å². The van der Waals surface area contributed by atoms with Crippen molar-refractivity contribution in [2.45, 2.75) is 12.7 Å². The Morgan fingerprint density at radius 3 is 2.67 bits per heavy atom. The van der Waals surface area contributed by atoms with Crippen LogP contribution in [0.1, 0.15) is 22.8 Å². The number of rotatable bonds is 7. The Labute approximate surface area is 154 Å². The summed E-state index contributed by atoms with van der Waals surface area (Å²) in [4.78, 5) is 23.7. The van der Waals surface area contributed by atoms with Gasteiger partial charge in [0.15, 0.2) is 5.78 Å². The van der Waals surface area contributed by atoms with E-state index in [1.807, 2.05) is 18.2 Å². The molecule has 0 spiro atoms. The molecule has 0 aliphatic rings. The largest absolute Gasteiger partial charge is 0.496 e. The number of carbonyl (C=O) groups excluding carboxylic acids is 2. The van der Waals surface area contributed by atoms with Crippen molar-refractivity contribution in [2.24, 2.45) is 0 Å². The highest BCUT2D eigenvalue weighted by molar-refractivity contribution is 9.10. The van der Waals surface area contributed by atoms with Crippen molar-refractivity contribution in [2.75, 3.05) is 18.2 Å². The fourth-order valence-corrected chi connectivity index (χ4v) is 3.41. The lowest BCUT2D eigenvalue weighted by molar-refractivity contribution is -0.113. The summed E-state index contributed by atoms with van der Waals surface area (Å²) < 4.78 is 6.29. The molecule has 126 valence electrons. The molecule has 2 aromatic rings. The minimum absolute atomic E-state index is 0.0718. The van der Waals surface area contributed by atoms with Crippen LogP contribution in [0, 0.1) is 0 Å². The van der Waals surface area contributed by atoms with Crippen LogP contribution < -0.4 is 10.1 Å². The standard InChI is InChI=1S/C18H18BrNO3S/c1-12(21)15-5-3-4-6-16(15)20-18(22)11-24-10-13-9-14(19)7-8-17(13)23-2/h3-9H,10-11H2,1-2H3,(H,20,22). The smallest absolute Gasteiger partial charge is 0.234 e. The number of hydrogen-bond donors (Lipinski definition) is 1. The molecular formula is C18H18BrNO3S. The Morgan fingerprint density at radius 2 is 1.96 bits per heavy atom. The van der Waals surface area contributed by atoms with E-state index in [1.165, 1.54) is 18.7 Å². The summed E-state index contributed by atoms with van der Waals surface area (Å²) in [6, 6.07) is 12.8. The zero-order valence-electron chi connectivity index (χ0n) is 13.5. The molecule has 0 aliphatic heterocycles. The topological polar surface area (TPSA) is 55.4 Å². The SMILES string of the molecule is COc1ccc(Br)cc1CSCC(=O)Nc1ccccc1C(C)=O. The third-order valence-corrected chi connectivity index (χ3v) is 4.79. The fraction of sp³-hybridized carbons (Fsp3) is 0.222. The average Bonchev–Trinajstić information content (AvgIpc) is 2.55. The number of para-hydroxylation sites is 1. The van der Waals surface area contributed by atoms with Crippen molar-refractivity contribution < 1.29 is 14.3 Å². The Balaban J connectivity index is 1.93. The van der Waals surface area contributed by atoms with Crippen LogP contribution >= 0.6 is 27.7 Å². The summed E-state index contributed by atoms with van der Waals surface area (Å²) in [5, 5.41) is 2.80. The summed E-state index contributed by atoms with van der Waals surface area (Å²) in [6.45, 7) is 1.49. The Kier molecular flexibility index (Phi) is 6.87. The molecule has 0 radical (unpaired) electrons. The Hall–Kier alpha value is -1.79. The number of methoxy groups -OCH3 is 1. The van der Waals surface area contributed by atoms with Crippen molar-refractivity contribution in [3.63, 3.8) is 0 Å². The highest BCUT2D eigenvalue weighted by atomic mass is 79.9. The molecule has 0 bridgehead atoms. The molecule has 0 saturated carbocycles. The maximum absolute atomic E-state index is 12.1. The van der Waals surface area contributed by atoms with Crippen LogP contribution in [-0.4, -0.2) is 24.6 Å². The summed E-state index contributed by atoms with van der Waals surface area (Å²) in [7, 11) is 1.63. The van der Waals surface area contributed by atoms with Crippen molar-refractivity contribution in [1.82, 2.24) is 0 Å². The predicted octanol–water partition coefficient (Wildman–Crippen LogP) is 4.53. The van der Waals surface area contributed by atoms with Crippen LogP contribution in [0.4, 0.5) is 5.69 Å². The van der Waals surface area contributed by atoms with Crippen LogP contribution in [0.15, 0.2) is 46.9 Å². The van der Waals surface area contributed by atoms with E-state index in [4.69, 9.17) is 4.74 Å². The molecule has 0 atom stereocenters. The quantitative estimate of drug-likeness (QED) is 0.684. The first-order valence-electron chi connectivity index (χ1n) is 7.31. The number of hydrogen-bond acceptors (Lipinski definition) is 4. The summed E-state index contributed by atoms with van der Waals surface area (Å²) in [5.41, 5.74) is 2.09. The lowest BCUT2D eigenvalue weighted by Gasteiger charge is -2.10. The van der Waals surface area contributed by atoms with Gasteiger partial charge in [-0.15, -0.1) is 11.8 Å². The molecular weight excluding hydrogens is 390 g/mol. The van der Waals surface area contributed by atoms with Gasteiger partial charge in [0.1, 0.15) is 5.75 Å². The van der Waals surface area contributed by atoms with Crippen LogP contribution in [-0.2, 0) is 10.5 Å². The molecule has 0 aliphatic carbocycles. The highest BCUT2D eigenvalue weighted by Crippen LogP contribution is 2.27. The van der Waals surface area contributed by atoms with E-state index in [0.29, 0.717) is 22.8 Å². The molecule has 1 amide bonds. The number of carbonyl (C=O) groups is 2. The van der Waals surface area contributed by atoms with Crippen LogP contribution in [0.5, 0.6) is 5.75 Å². The van der Waals surface area contributed by atoms with Gasteiger partial charge in [-0.05, 0) is 37.3 Å². The monoisotopic (exact) mass is 407 g/mol. The van der Waals surface area contributed by atoms with Crippen LogP contribution in [0.25, 0.3) is 0 Å². The molecule has 0 saturated heterocycles. The van der Waals surface area contributed by atoms with Gasteiger partial charge in [0.05, 0.1) is 18.6 Å². The van der Waals surface area contributed by atoms with E-state index >= 15 is 0 Å². The minimum atomic E-state index is -0.136. The van der Waals surface area contributed by atoms with E-state index in [9.17, 15) is 9.59 Å². The first kappa shape index (κ1) is 18.5. The van der Waals surface area contributed by atoms with Crippen molar-refractivity contribution in [3.8, 4) is 5.75 Å². The molecule has 1 N–H and O–H groups in total. The molecule has 24 heavy (non-hydrogen) atoms. The number of Topliss-reactive ketones (excluding diaryl/α,β-unsaturated/α-hetero) is 1. The number of halogens is 1. The molecule has 0 unspecified atom stereocenters. The van der Waals surface area contributed by atoms with E-state index in [-0.39, 0.29) is 11.7 Å². The zero-order valence-corrected chi connectivity index (χ0v) is 15.9. The number of thioether (sulfide) groups is 1. The van der Waals surface area contributed by atoms with Gasteiger partial charge in [-0.1, -0.05) is 28.1 Å². The molecule has 0 heterocycles. The molecule has 2 rings (SSSR count). The molecule has 2 aromatic carbocycles. The molecule has 0 aromatic heterocycles. The van der Waals surface area contributed by atoms with E-state index < -0.39 is 0 Å². The van der Waals surface area contributed by atoms with Gasteiger partial charge in [-0.25, -0.2) is 0 Å². The number of benzene rings is 2. The van der Waals surface area contributed by atoms with Crippen LogP contribution in [0.3, 0.4) is 0 Å². The third kappa shape index (κ3) is 5.11. The van der Waals surface area contributed by atoms with Crippen molar-refractivity contribution >= 4 is 45.1 Å². The van der Waals surface area contributed by atoms with Gasteiger partial charge in [-0.2, -0.15) is 0 Å². The summed E-state index contributed by atoms with van der Waals surface area (Å²) >= 11 is 4.92. The van der Waals surface area contributed by atoms with Gasteiger partial charge in [0.2, 0.25) is 5.91 Å². The maximum Gasteiger partial charge on any atom is 0.234 e. The van der Waals surface area contributed by atoms with E-state index in [1.54, 1.807) is 31.4 Å². The van der Waals surface area contributed by atoms with E-state index in [0.717, 1.165) is 15.8 Å². The highest BCUT2D eigenvalue weighted by Gasteiger charge is 2.10. The summed E-state index contributed by atoms with van der Waals surface area (Å²) in [5.74, 6) is 1.54. The number of anilines is 1. The molecule has 6 heteroatoms. The minimum Gasteiger partial charge on any atom is -0.496 e. The van der Waals surface area contributed by atoms with Gasteiger partial charge in [0.25, 0.3) is 0 Å². The second-order valence-corrected chi connectivity index (χ2v) is 7.00. The lowest BCUT2D eigenvalue weighted by atomic mass is 10.1. The Bertz CT molecular complexity index is 749. The second-order valence-electron chi connectivity index (χ2n) is 5.10. The first-order chi connectivity index (χ1) is 11.5. The summed E-state index contributed by atoms with van der Waals surface area (Å²) in [6.07, 6.45) is 0.